The van der Waals surface area contributed by atoms with E-state index in [4.69, 9.17) is 30.3 Å². The Labute approximate surface area is 82.6 Å². The Bertz CT molecular complexity index is 54.6. The van der Waals surface area contributed by atoms with Gasteiger partial charge in [-0.05, 0) is 0 Å². The fraction of sp³-hybridized carbons (Fsp3) is 0. The van der Waals surface area contributed by atoms with Crippen molar-refractivity contribution in [3.8, 4) is 0 Å². The summed E-state index contributed by atoms with van der Waals surface area (Å²) in [4.78, 5) is 24.0. The summed E-state index contributed by atoms with van der Waals surface area (Å²) in [5, 5.41) is 27.0. The molecule has 11 heavy (non-hydrogen) atoms. The number of hydrogen-bond acceptors (Lipinski definition) is 9. The van der Waals surface area contributed by atoms with E-state index in [2.05, 4.69) is 0 Å². The van der Waals surface area contributed by atoms with E-state index in [9.17, 15) is 0 Å². The fourth-order valence-corrected chi connectivity index (χ4v) is 0. The predicted octanol–water partition coefficient (Wildman–Crippen LogP) is -2.25. The van der Waals surface area contributed by atoms with Crippen LogP contribution in [0.4, 0.5) is 0 Å². The summed E-state index contributed by atoms with van der Waals surface area (Å²) < 4.78 is 0. The summed E-state index contributed by atoms with van der Waals surface area (Å²) in [6.07, 6.45) is 0. The van der Waals surface area contributed by atoms with Crippen molar-refractivity contribution in [2.75, 3.05) is 0 Å². The first-order chi connectivity index (χ1) is 4.24. The maximum absolute atomic E-state index is 8.00. The predicted molar refractivity (Wildman–Crippen MR) is 27.5 cm³/mol. The molecule has 0 saturated carbocycles. The first-order valence-electron chi connectivity index (χ1n) is 1.10. The molecule has 0 aromatic heterocycles. The molecule has 0 atom stereocenters. The van der Waals surface area contributed by atoms with Crippen LogP contribution in [0, 0.1) is 30.3 Å². The SMILES string of the molecule is O=N[O-].O=N[O-].O=N[O-].[Cu+2].[Li+]. The Morgan fingerprint density at radius 2 is 0.727 bits per heavy atom. The average Bonchev–Trinajstić information content (AvgIpc) is 1.70. The van der Waals surface area contributed by atoms with Gasteiger partial charge in [-0.3, -0.25) is 0 Å². The zero-order valence-electron chi connectivity index (χ0n) is 5.09. The van der Waals surface area contributed by atoms with E-state index in [1.807, 2.05) is 0 Å². The van der Waals surface area contributed by atoms with E-state index >= 15 is 0 Å². The molecule has 0 amide bonds. The van der Waals surface area contributed by atoms with Crippen molar-refractivity contribution in [3.05, 3.63) is 30.3 Å². The molecular formula is CuLiN3O6. The van der Waals surface area contributed by atoms with Gasteiger partial charge in [-0.1, -0.05) is 0 Å². The maximum atomic E-state index is 8.00. The van der Waals surface area contributed by atoms with Crippen LogP contribution in [-0.4, -0.2) is 0 Å². The molecule has 0 aliphatic heterocycles. The van der Waals surface area contributed by atoms with Crippen molar-refractivity contribution in [1.29, 1.82) is 0 Å². The average molecular weight is 209 g/mol. The second-order valence-electron chi connectivity index (χ2n) is 0.224. The quantitative estimate of drug-likeness (QED) is 0.248. The molecule has 0 N–H and O–H groups in total. The van der Waals surface area contributed by atoms with E-state index in [1.54, 1.807) is 0 Å². The van der Waals surface area contributed by atoms with Crippen LogP contribution in [0.2, 0.25) is 0 Å². The molecule has 11 heteroatoms. The van der Waals surface area contributed by atoms with Gasteiger partial charge < -0.3 is 30.3 Å². The molecule has 0 unspecified atom stereocenters. The zero-order valence-corrected chi connectivity index (χ0v) is 6.03. The van der Waals surface area contributed by atoms with Gasteiger partial charge in [-0.15, -0.1) is 16.0 Å². The van der Waals surface area contributed by atoms with Crippen LogP contribution in [0.3, 0.4) is 0 Å². The topological polar surface area (TPSA) is 157 Å². The molecule has 0 saturated heterocycles. The summed E-state index contributed by atoms with van der Waals surface area (Å²) in [6.45, 7) is 0. The molecule has 0 aromatic carbocycles. The van der Waals surface area contributed by atoms with Crippen molar-refractivity contribution in [2.45, 2.75) is 0 Å². The summed E-state index contributed by atoms with van der Waals surface area (Å²) in [6, 6.07) is 0. The van der Waals surface area contributed by atoms with Gasteiger partial charge in [0.25, 0.3) is 0 Å². The minimum Gasteiger partial charge on any atom is -0.444 e. The molecule has 0 bridgehead atoms. The summed E-state index contributed by atoms with van der Waals surface area (Å²) in [5.74, 6) is 0. The summed E-state index contributed by atoms with van der Waals surface area (Å²) >= 11 is 0. The van der Waals surface area contributed by atoms with Gasteiger partial charge in [0, 0.05) is 0 Å². The first-order valence-corrected chi connectivity index (χ1v) is 1.10. The molecule has 0 fully saturated rings. The zero-order chi connectivity index (χ0) is 8.12. The minimum absolute atomic E-state index is 0. The van der Waals surface area contributed by atoms with Crippen LogP contribution < -0.4 is 18.9 Å². The third-order valence-corrected chi connectivity index (χ3v) is 0. The maximum Gasteiger partial charge on any atom is 2.00 e. The summed E-state index contributed by atoms with van der Waals surface area (Å²) in [7, 11) is 0. The van der Waals surface area contributed by atoms with Crippen LogP contribution in [0.1, 0.15) is 0 Å². The molecule has 9 nitrogen and oxygen atoms in total. The molecule has 1 radical (unpaired) electrons. The molecule has 0 aliphatic rings. The van der Waals surface area contributed by atoms with Crippen LogP contribution in [-0.2, 0) is 17.1 Å². The molecule has 0 heterocycles. The van der Waals surface area contributed by atoms with Crippen molar-refractivity contribution < 1.29 is 35.9 Å². The van der Waals surface area contributed by atoms with E-state index in [-0.39, 0.29) is 35.9 Å². The second-order valence-corrected chi connectivity index (χ2v) is 0.224. The van der Waals surface area contributed by atoms with Gasteiger partial charge in [-0.2, -0.15) is 0 Å². The van der Waals surface area contributed by atoms with Gasteiger partial charge in [-0.25, -0.2) is 0 Å². The number of rotatable bonds is 0. The molecule has 0 aliphatic carbocycles. The third kappa shape index (κ3) is 1070. The normalized spacial score (nSPS) is 3.27. The van der Waals surface area contributed by atoms with Gasteiger partial charge in [0.2, 0.25) is 0 Å². The van der Waals surface area contributed by atoms with Gasteiger partial charge in [0.1, 0.15) is 0 Å². The van der Waals surface area contributed by atoms with E-state index in [0.29, 0.717) is 0 Å². The van der Waals surface area contributed by atoms with Crippen LogP contribution in [0.5, 0.6) is 0 Å². The van der Waals surface area contributed by atoms with Crippen LogP contribution in [0.15, 0.2) is 16.0 Å². The molecule has 63 valence electrons. The van der Waals surface area contributed by atoms with Gasteiger partial charge >= 0.3 is 35.9 Å². The smallest absolute Gasteiger partial charge is 0.444 e. The Kier molecular flexibility index (Phi) is 346. The molecule has 0 aromatic rings. The van der Waals surface area contributed by atoms with E-state index < -0.39 is 0 Å². The van der Waals surface area contributed by atoms with Gasteiger partial charge in [0.05, 0.1) is 0 Å². The third-order valence-electron chi connectivity index (χ3n) is 0. The van der Waals surface area contributed by atoms with Crippen molar-refractivity contribution >= 4 is 0 Å². The first kappa shape index (κ1) is 31.7. The Morgan fingerprint density at radius 3 is 0.727 bits per heavy atom. The molecule has 0 spiro atoms. The Hall–Kier alpha value is -0.683. The second kappa shape index (κ2) is 120. The van der Waals surface area contributed by atoms with Crippen LogP contribution in [0.25, 0.3) is 0 Å². The fourth-order valence-electron chi connectivity index (χ4n) is 0. The van der Waals surface area contributed by atoms with Crippen LogP contribution >= 0.6 is 0 Å². The molecule has 0 rings (SSSR count). The van der Waals surface area contributed by atoms with Crippen molar-refractivity contribution in [1.82, 2.24) is 0 Å². The monoisotopic (exact) mass is 208 g/mol. The standard InChI is InChI=1S/Cu.Li.3HNO2/c;;3*2-1-3/h;;3*(H,2,3)/q+2;+1;;;/p-3. The van der Waals surface area contributed by atoms with Crippen molar-refractivity contribution in [2.24, 2.45) is 16.0 Å². The van der Waals surface area contributed by atoms with Gasteiger partial charge in [0.15, 0.2) is 0 Å². The number of hydrogen-bond donors (Lipinski definition) is 0. The number of nitrogens with zero attached hydrogens (tertiary/aromatic N) is 3. The van der Waals surface area contributed by atoms with Crippen molar-refractivity contribution in [3.63, 3.8) is 0 Å². The minimum atomic E-state index is 0. The Balaban J connectivity index is -0.0000000150. The molecular weight excluding hydrogens is 209 g/mol. The Morgan fingerprint density at radius 1 is 0.727 bits per heavy atom. The largest absolute Gasteiger partial charge is 2.00 e. The summed E-state index contributed by atoms with van der Waals surface area (Å²) in [5.41, 5.74) is 0. The van der Waals surface area contributed by atoms with E-state index in [0.717, 1.165) is 16.0 Å². The van der Waals surface area contributed by atoms with E-state index in [1.165, 1.54) is 0 Å².